The van der Waals surface area contributed by atoms with Crippen LogP contribution in [-0.2, 0) is 0 Å². The smallest absolute Gasteiger partial charge is 0.338 e. The molecule has 1 aromatic heterocycles. The number of hydrogen-bond acceptors (Lipinski definition) is 2. The van der Waals surface area contributed by atoms with Crippen molar-refractivity contribution in [1.29, 1.82) is 0 Å². The summed E-state index contributed by atoms with van der Waals surface area (Å²) in [5.41, 5.74) is 0.0977. The minimum absolute atomic E-state index is 0.167. The van der Waals surface area contributed by atoms with Crippen LogP contribution >= 0.6 is 11.6 Å². The highest BCUT2D eigenvalue weighted by molar-refractivity contribution is 6.30. The molecule has 0 unspecified atom stereocenters. The molecule has 82 valence electrons. The number of halogens is 2. The zero-order valence-corrected chi connectivity index (χ0v) is 8.65. The van der Waals surface area contributed by atoms with Gasteiger partial charge in [-0.15, -0.1) is 0 Å². The van der Waals surface area contributed by atoms with Gasteiger partial charge in [-0.1, -0.05) is 11.6 Å². The first-order valence-corrected chi connectivity index (χ1v) is 4.69. The van der Waals surface area contributed by atoms with E-state index in [9.17, 15) is 9.18 Å². The molecular formula is C10H6ClFN2O2. The predicted octanol–water partition coefficient (Wildman–Crippen LogP) is 2.36. The Bertz CT molecular complexity index is 554. The Morgan fingerprint density at radius 1 is 1.50 bits per heavy atom. The van der Waals surface area contributed by atoms with Crippen molar-refractivity contribution in [3.63, 3.8) is 0 Å². The number of aromatic nitrogens is 2. The number of benzene rings is 1. The quantitative estimate of drug-likeness (QED) is 0.877. The van der Waals surface area contributed by atoms with Gasteiger partial charge in [0.1, 0.15) is 5.82 Å². The lowest BCUT2D eigenvalue weighted by Gasteiger charge is -2.05. The molecule has 1 aromatic carbocycles. The molecule has 0 saturated heterocycles. The molecule has 0 bridgehead atoms. The van der Waals surface area contributed by atoms with Crippen LogP contribution in [0.1, 0.15) is 10.4 Å². The topological polar surface area (TPSA) is 55.1 Å². The van der Waals surface area contributed by atoms with Gasteiger partial charge in [0.15, 0.2) is 0 Å². The second-order valence-corrected chi connectivity index (χ2v) is 3.51. The van der Waals surface area contributed by atoms with E-state index in [-0.39, 0.29) is 11.3 Å². The third-order valence-corrected chi connectivity index (χ3v) is 2.18. The molecule has 0 radical (unpaired) electrons. The second-order valence-electron chi connectivity index (χ2n) is 3.07. The number of carboxylic acid groups (broad SMARTS) is 1. The lowest BCUT2D eigenvalue weighted by molar-refractivity contribution is 0.0696. The fourth-order valence-corrected chi connectivity index (χ4v) is 1.45. The van der Waals surface area contributed by atoms with Gasteiger partial charge in [0, 0.05) is 6.20 Å². The zero-order valence-electron chi connectivity index (χ0n) is 7.89. The molecule has 0 fully saturated rings. The van der Waals surface area contributed by atoms with E-state index < -0.39 is 11.8 Å². The van der Waals surface area contributed by atoms with Gasteiger partial charge < -0.3 is 5.11 Å². The Morgan fingerprint density at radius 2 is 2.25 bits per heavy atom. The standard InChI is InChI=1S/C10H6ClFN2O2/c11-6-4-13-14(5-6)9-2-1-7(12)3-8(9)10(15)16/h1-5H,(H,15,16). The van der Waals surface area contributed by atoms with Gasteiger partial charge in [-0.25, -0.2) is 13.9 Å². The average molecular weight is 241 g/mol. The lowest BCUT2D eigenvalue weighted by Crippen LogP contribution is -2.06. The van der Waals surface area contributed by atoms with Crippen molar-refractivity contribution in [3.8, 4) is 5.69 Å². The molecule has 0 amide bonds. The van der Waals surface area contributed by atoms with E-state index in [1.165, 1.54) is 23.1 Å². The van der Waals surface area contributed by atoms with Crippen molar-refractivity contribution >= 4 is 17.6 Å². The summed E-state index contributed by atoms with van der Waals surface area (Å²) in [7, 11) is 0. The fraction of sp³-hybridized carbons (Fsp3) is 0. The first-order valence-electron chi connectivity index (χ1n) is 4.31. The van der Waals surface area contributed by atoms with Crippen molar-refractivity contribution < 1.29 is 14.3 Å². The van der Waals surface area contributed by atoms with E-state index in [2.05, 4.69) is 5.10 Å². The minimum atomic E-state index is -1.22. The second kappa shape index (κ2) is 3.94. The summed E-state index contributed by atoms with van der Waals surface area (Å²) in [5.74, 6) is -1.83. The molecule has 0 aliphatic heterocycles. The lowest BCUT2D eigenvalue weighted by atomic mass is 10.2. The summed E-state index contributed by atoms with van der Waals surface area (Å²) >= 11 is 5.67. The first-order chi connectivity index (χ1) is 7.58. The van der Waals surface area contributed by atoms with Crippen LogP contribution in [0.25, 0.3) is 5.69 Å². The Labute approximate surface area is 94.9 Å². The summed E-state index contributed by atoms with van der Waals surface area (Å²) < 4.78 is 14.2. The Kier molecular flexibility index (Phi) is 2.62. The summed E-state index contributed by atoms with van der Waals surface area (Å²) in [5, 5.41) is 13.2. The largest absolute Gasteiger partial charge is 0.478 e. The zero-order chi connectivity index (χ0) is 11.7. The molecule has 16 heavy (non-hydrogen) atoms. The molecule has 0 atom stereocenters. The average Bonchev–Trinajstić information content (AvgIpc) is 2.64. The third-order valence-electron chi connectivity index (χ3n) is 1.99. The van der Waals surface area contributed by atoms with Crippen LogP contribution in [0.15, 0.2) is 30.6 Å². The Hall–Kier alpha value is -1.88. The molecule has 0 aliphatic carbocycles. The van der Waals surface area contributed by atoms with Crippen LogP contribution in [0.2, 0.25) is 5.02 Å². The van der Waals surface area contributed by atoms with Crippen LogP contribution in [0.5, 0.6) is 0 Å². The Morgan fingerprint density at radius 3 is 2.81 bits per heavy atom. The van der Waals surface area contributed by atoms with Gasteiger partial charge in [-0.2, -0.15) is 5.10 Å². The van der Waals surface area contributed by atoms with Crippen LogP contribution in [0, 0.1) is 5.82 Å². The first kappa shape index (κ1) is 10.6. The molecule has 6 heteroatoms. The predicted molar refractivity (Wildman–Crippen MR) is 55.5 cm³/mol. The van der Waals surface area contributed by atoms with E-state index >= 15 is 0 Å². The van der Waals surface area contributed by atoms with E-state index in [1.54, 1.807) is 0 Å². The van der Waals surface area contributed by atoms with Crippen molar-refractivity contribution in [1.82, 2.24) is 9.78 Å². The molecule has 0 spiro atoms. The van der Waals surface area contributed by atoms with Gasteiger partial charge in [0.2, 0.25) is 0 Å². The summed E-state index contributed by atoms with van der Waals surface area (Å²) in [6.07, 6.45) is 2.82. The van der Waals surface area contributed by atoms with E-state index in [0.29, 0.717) is 5.02 Å². The summed E-state index contributed by atoms with van der Waals surface area (Å²) in [6, 6.07) is 3.44. The van der Waals surface area contributed by atoms with Crippen molar-refractivity contribution in [2.45, 2.75) is 0 Å². The highest BCUT2D eigenvalue weighted by Crippen LogP contribution is 2.17. The molecule has 0 saturated carbocycles. The number of hydrogen-bond donors (Lipinski definition) is 1. The van der Waals surface area contributed by atoms with E-state index in [0.717, 1.165) is 12.1 Å². The maximum atomic E-state index is 12.9. The third kappa shape index (κ3) is 1.90. The SMILES string of the molecule is O=C(O)c1cc(F)ccc1-n1cc(Cl)cn1. The number of nitrogens with zero attached hydrogens (tertiary/aromatic N) is 2. The highest BCUT2D eigenvalue weighted by Gasteiger charge is 2.13. The fourth-order valence-electron chi connectivity index (χ4n) is 1.31. The van der Waals surface area contributed by atoms with Crippen molar-refractivity contribution in [2.75, 3.05) is 0 Å². The van der Waals surface area contributed by atoms with Gasteiger partial charge >= 0.3 is 5.97 Å². The molecule has 2 rings (SSSR count). The molecule has 1 N–H and O–H groups in total. The summed E-state index contributed by atoms with van der Waals surface area (Å²) in [4.78, 5) is 10.9. The van der Waals surface area contributed by atoms with Crippen molar-refractivity contribution in [2.24, 2.45) is 0 Å². The van der Waals surface area contributed by atoms with E-state index in [4.69, 9.17) is 16.7 Å². The molecule has 0 aliphatic rings. The molecule has 4 nitrogen and oxygen atoms in total. The number of carboxylic acids is 1. The van der Waals surface area contributed by atoms with Crippen LogP contribution in [0.4, 0.5) is 4.39 Å². The van der Waals surface area contributed by atoms with Crippen molar-refractivity contribution in [3.05, 3.63) is 47.0 Å². The van der Waals surface area contributed by atoms with Crippen LogP contribution in [-0.4, -0.2) is 20.9 Å². The van der Waals surface area contributed by atoms with Gasteiger partial charge in [-0.3, -0.25) is 0 Å². The monoisotopic (exact) mass is 240 g/mol. The Balaban J connectivity index is 2.60. The van der Waals surface area contributed by atoms with Gasteiger partial charge in [0.25, 0.3) is 0 Å². The maximum Gasteiger partial charge on any atom is 0.338 e. The number of carbonyl (C=O) groups is 1. The van der Waals surface area contributed by atoms with E-state index in [1.807, 2.05) is 0 Å². The van der Waals surface area contributed by atoms with Gasteiger partial charge in [-0.05, 0) is 18.2 Å². The molecule has 1 heterocycles. The normalized spacial score (nSPS) is 10.4. The van der Waals surface area contributed by atoms with Crippen LogP contribution in [0.3, 0.4) is 0 Å². The molecule has 2 aromatic rings. The maximum absolute atomic E-state index is 12.9. The number of aromatic carboxylic acids is 1. The summed E-state index contributed by atoms with van der Waals surface area (Å²) in [6.45, 7) is 0. The van der Waals surface area contributed by atoms with Crippen LogP contribution < -0.4 is 0 Å². The molecular weight excluding hydrogens is 235 g/mol. The van der Waals surface area contributed by atoms with Gasteiger partial charge in [0.05, 0.1) is 22.5 Å². The highest BCUT2D eigenvalue weighted by atomic mass is 35.5. The minimum Gasteiger partial charge on any atom is -0.478 e. The number of rotatable bonds is 2.